The lowest BCUT2D eigenvalue weighted by Gasteiger charge is -2.09. The van der Waals surface area contributed by atoms with Gasteiger partial charge in [0.05, 0.1) is 6.61 Å². The van der Waals surface area contributed by atoms with Crippen LogP contribution in [-0.4, -0.2) is 18.4 Å². The SMILES string of the molecule is C=CC(=O)OCCCCCCc1ccccc1C(=O)c1ccccc1. The van der Waals surface area contributed by atoms with Gasteiger partial charge in [-0.25, -0.2) is 4.79 Å². The molecule has 0 bridgehead atoms. The number of hydrogen-bond donors (Lipinski definition) is 0. The Hall–Kier alpha value is -2.68. The average Bonchev–Trinajstić information content (AvgIpc) is 2.67. The molecule has 0 fully saturated rings. The number of ketones is 1. The number of aryl methyl sites for hydroxylation is 1. The number of benzene rings is 2. The first-order valence-electron chi connectivity index (χ1n) is 8.69. The van der Waals surface area contributed by atoms with Crippen LogP contribution in [0.15, 0.2) is 67.3 Å². The number of unbranched alkanes of at least 4 members (excludes halogenated alkanes) is 3. The van der Waals surface area contributed by atoms with Gasteiger partial charge in [0, 0.05) is 17.2 Å². The molecule has 3 heteroatoms. The summed E-state index contributed by atoms with van der Waals surface area (Å²) in [6.45, 7) is 3.80. The van der Waals surface area contributed by atoms with Crippen LogP contribution in [0.1, 0.15) is 47.2 Å². The summed E-state index contributed by atoms with van der Waals surface area (Å²) in [5, 5.41) is 0. The Morgan fingerprint density at radius 3 is 2.32 bits per heavy atom. The van der Waals surface area contributed by atoms with Crippen molar-refractivity contribution in [3.8, 4) is 0 Å². The summed E-state index contributed by atoms with van der Waals surface area (Å²) in [5.74, 6) is -0.291. The van der Waals surface area contributed by atoms with Crippen LogP contribution in [0.4, 0.5) is 0 Å². The first-order chi connectivity index (χ1) is 12.2. The van der Waals surface area contributed by atoms with Gasteiger partial charge in [-0.3, -0.25) is 4.79 Å². The number of hydrogen-bond acceptors (Lipinski definition) is 3. The van der Waals surface area contributed by atoms with E-state index in [4.69, 9.17) is 4.74 Å². The molecular formula is C22H24O3. The van der Waals surface area contributed by atoms with Crippen LogP contribution in [0.2, 0.25) is 0 Å². The maximum atomic E-state index is 12.7. The lowest BCUT2D eigenvalue weighted by Crippen LogP contribution is -2.05. The maximum absolute atomic E-state index is 12.7. The number of carbonyl (C=O) groups excluding carboxylic acids is 2. The summed E-state index contributed by atoms with van der Waals surface area (Å²) in [4.78, 5) is 23.6. The standard InChI is InChI=1S/C22H24O3/c1-2-21(23)25-17-11-4-3-6-12-18-13-9-10-16-20(18)22(24)19-14-7-5-8-15-19/h2,5,7-10,13-16H,1,3-4,6,11-12,17H2. The smallest absolute Gasteiger partial charge is 0.330 e. The Bertz CT molecular complexity index is 704. The number of esters is 1. The zero-order chi connectivity index (χ0) is 17.9. The molecule has 25 heavy (non-hydrogen) atoms. The van der Waals surface area contributed by atoms with Crippen LogP contribution < -0.4 is 0 Å². The zero-order valence-corrected chi connectivity index (χ0v) is 14.4. The van der Waals surface area contributed by atoms with Crippen molar-refractivity contribution in [2.45, 2.75) is 32.1 Å². The highest BCUT2D eigenvalue weighted by molar-refractivity contribution is 6.09. The van der Waals surface area contributed by atoms with E-state index in [2.05, 4.69) is 6.58 Å². The Balaban J connectivity index is 1.82. The predicted molar refractivity (Wildman–Crippen MR) is 99.6 cm³/mol. The van der Waals surface area contributed by atoms with Gasteiger partial charge in [-0.1, -0.05) is 74.0 Å². The molecule has 0 saturated heterocycles. The number of ether oxygens (including phenoxy) is 1. The first kappa shape index (κ1) is 18.7. The van der Waals surface area contributed by atoms with Crippen LogP contribution in [-0.2, 0) is 16.0 Å². The molecule has 130 valence electrons. The fraction of sp³-hybridized carbons (Fsp3) is 0.273. The Morgan fingerprint density at radius 2 is 1.56 bits per heavy atom. The molecule has 2 aromatic rings. The molecule has 0 radical (unpaired) electrons. The molecule has 0 aliphatic rings. The van der Waals surface area contributed by atoms with E-state index in [1.54, 1.807) is 0 Å². The molecule has 2 aromatic carbocycles. The normalized spacial score (nSPS) is 10.2. The predicted octanol–water partition coefficient (Wildman–Crippen LogP) is 4.75. The van der Waals surface area contributed by atoms with E-state index in [0.29, 0.717) is 6.61 Å². The fourth-order valence-electron chi connectivity index (χ4n) is 2.71. The van der Waals surface area contributed by atoms with Crippen molar-refractivity contribution < 1.29 is 14.3 Å². The average molecular weight is 336 g/mol. The molecule has 0 aromatic heterocycles. The van der Waals surface area contributed by atoms with Gasteiger partial charge in [-0.15, -0.1) is 0 Å². The lowest BCUT2D eigenvalue weighted by molar-refractivity contribution is -0.137. The van der Waals surface area contributed by atoms with Gasteiger partial charge in [0.15, 0.2) is 5.78 Å². The summed E-state index contributed by atoms with van der Waals surface area (Å²) < 4.78 is 4.95. The number of carbonyl (C=O) groups is 2. The van der Waals surface area contributed by atoms with Gasteiger partial charge in [-0.05, 0) is 24.8 Å². The van der Waals surface area contributed by atoms with E-state index < -0.39 is 0 Å². The fourth-order valence-corrected chi connectivity index (χ4v) is 2.71. The number of rotatable bonds is 10. The summed E-state index contributed by atoms with van der Waals surface area (Å²) >= 11 is 0. The van der Waals surface area contributed by atoms with Gasteiger partial charge < -0.3 is 4.74 Å². The van der Waals surface area contributed by atoms with E-state index in [9.17, 15) is 9.59 Å². The summed E-state index contributed by atoms with van der Waals surface area (Å²) in [5.41, 5.74) is 2.60. The van der Waals surface area contributed by atoms with Crippen molar-refractivity contribution in [1.82, 2.24) is 0 Å². The van der Waals surface area contributed by atoms with E-state index in [1.807, 2.05) is 54.6 Å². The molecule has 3 nitrogen and oxygen atoms in total. The van der Waals surface area contributed by atoms with Crippen molar-refractivity contribution in [1.29, 1.82) is 0 Å². The largest absolute Gasteiger partial charge is 0.463 e. The Morgan fingerprint density at radius 1 is 0.880 bits per heavy atom. The molecule has 2 rings (SSSR count). The monoisotopic (exact) mass is 336 g/mol. The van der Waals surface area contributed by atoms with E-state index in [1.165, 1.54) is 6.08 Å². The summed E-state index contributed by atoms with van der Waals surface area (Å²) in [7, 11) is 0. The molecule has 0 unspecified atom stereocenters. The van der Waals surface area contributed by atoms with E-state index >= 15 is 0 Å². The van der Waals surface area contributed by atoms with Gasteiger partial charge in [0.25, 0.3) is 0 Å². The minimum absolute atomic E-state index is 0.0764. The summed E-state index contributed by atoms with van der Waals surface area (Å²) in [6, 6.07) is 17.2. The van der Waals surface area contributed by atoms with Crippen molar-refractivity contribution in [2.75, 3.05) is 6.61 Å². The molecule has 0 heterocycles. The second-order valence-corrected chi connectivity index (χ2v) is 5.89. The van der Waals surface area contributed by atoms with E-state index in [-0.39, 0.29) is 11.8 Å². The Kier molecular flexibility index (Phi) is 7.64. The van der Waals surface area contributed by atoms with Gasteiger partial charge in [0.1, 0.15) is 0 Å². The third-order valence-electron chi connectivity index (χ3n) is 4.05. The highest BCUT2D eigenvalue weighted by Gasteiger charge is 2.12. The summed E-state index contributed by atoms with van der Waals surface area (Å²) in [6.07, 6.45) is 5.96. The topological polar surface area (TPSA) is 43.4 Å². The minimum atomic E-state index is -0.367. The molecule has 0 amide bonds. The van der Waals surface area contributed by atoms with Crippen LogP contribution >= 0.6 is 0 Å². The maximum Gasteiger partial charge on any atom is 0.330 e. The molecule has 0 aliphatic heterocycles. The van der Waals surface area contributed by atoms with Crippen LogP contribution in [0.3, 0.4) is 0 Å². The zero-order valence-electron chi connectivity index (χ0n) is 14.4. The van der Waals surface area contributed by atoms with Crippen LogP contribution in [0, 0.1) is 0 Å². The van der Waals surface area contributed by atoms with Crippen molar-refractivity contribution in [2.24, 2.45) is 0 Å². The lowest BCUT2D eigenvalue weighted by atomic mass is 9.95. The molecule has 0 saturated carbocycles. The Labute approximate surface area is 149 Å². The van der Waals surface area contributed by atoms with Gasteiger partial charge in [-0.2, -0.15) is 0 Å². The van der Waals surface area contributed by atoms with Crippen LogP contribution in [0.25, 0.3) is 0 Å². The van der Waals surface area contributed by atoms with Crippen molar-refractivity contribution in [3.05, 3.63) is 83.9 Å². The second kappa shape index (κ2) is 10.2. The van der Waals surface area contributed by atoms with Gasteiger partial charge >= 0.3 is 5.97 Å². The first-order valence-corrected chi connectivity index (χ1v) is 8.69. The van der Waals surface area contributed by atoms with Crippen molar-refractivity contribution >= 4 is 11.8 Å². The third-order valence-corrected chi connectivity index (χ3v) is 4.05. The molecular weight excluding hydrogens is 312 g/mol. The molecule has 0 spiro atoms. The minimum Gasteiger partial charge on any atom is -0.463 e. The highest BCUT2D eigenvalue weighted by Crippen LogP contribution is 2.17. The van der Waals surface area contributed by atoms with Gasteiger partial charge in [0.2, 0.25) is 0 Å². The van der Waals surface area contributed by atoms with E-state index in [0.717, 1.165) is 48.8 Å². The highest BCUT2D eigenvalue weighted by atomic mass is 16.5. The van der Waals surface area contributed by atoms with Crippen LogP contribution in [0.5, 0.6) is 0 Å². The second-order valence-electron chi connectivity index (χ2n) is 5.89. The van der Waals surface area contributed by atoms with Crippen molar-refractivity contribution in [3.63, 3.8) is 0 Å². The molecule has 0 atom stereocenters. The third kappa shape index (κ3) is 6.03. The molecule has 0 N–H and O–H groups in total. The quantitative estimate of drug-likeness (QED) is 0.272. The molecule has 0 aliphatic carbocycles.